The number of rotatable bonds is 4. The molecule has 0 fully saturated rings. The molecule has 1 aliphatic rings. The normalized spacial score (nSPS) is 13.3. The van der Waals surface area contributed by atoms with Gasteiger partial charge in [-0.15, -0.1) is 11.3 Å². The topological polar surface area (TPSA) is 3.24 Å². The number of thiophene rings is 1. The Hall–Kier alpha value is -5.70. The van der Waals surface area contributed by atoms with Gasteiger partial charge in [0.25, 0.3) is 0 Å². The Balaban J connectivity index is 1.22. The van der Waals surface area contributed by atoms with Crippen LogP contribution in [0.25, 0.3) is 64.0 Å². The van der Waals surface area contributed by atoms with Gasteiger partial charge in [-0.1, -0.05) is 129 Å². The van der Waals surface area contributed by atoms with E-state index in [1.807, 2.05) is 11.3 Å². The molecule has 0 radical (unpaired) electrons. The lowest BCUT2D eigenvalue weighted by atomic mass is 9.82. The molecule has 0 spiro atoms. The van der Waals surface area contributed by atoms with Gasteiger partial charge < -0.3 is 4.90 Å². The van der Waals surface area contributed by atoms with Crippen LogP contribution in [0.3, 0.4) is 0 Å². The smallest absolute Gasteiger partial charge is 0.0474 e. The number of hydrogen-bond donors (Lipinski definition) is 0. The highest BCUT2D eigenvalue weighted by Gasteiger charge is 2.35. The van der Waals surface area contributed by atoms with E-state index in [2.05, 4.69) is 183 Å². The highest BCUT2D eigenvalue weighted by atomic mass is 32.1. The number of benzene rings is 8. The van der Waals surface area contributed by atoms with Crippen molar-refractivity contribution in [3.63, 3.8) is 0 Å². The summed E-state index contributed by atoms with van der Waals surface area (Å²) >= 11 is 1.88. The van der Waals surface area contributed by atoms with Gasteiger partial charge >= 0.3 is 0 Å². The van der Waals surface area contributed by atoms with Gasteiger partial charge in [0, 0.05) is 42.6 Å². The molecule has 49 heavy (non-hydrogen) atoms. The monoisotopic (exact) mass is 643 g/mol. The van der Waals surface area contributed by atoms with Crippen molar-refractivity contribution < 1.29 is 0 Å². The van der Waals surface area contributed by atoms with E-state index in [1.54, 1.807) is 0 Å². The number of hydrogen-bond acceptors (Lipinski definition) is 2. The second-order valence-corrected chi connectivity index (χ2v) is 14.8. The maximum absolute atomic E-state index is 2.44. The lowest BCUT2D eigenvalue weighted by molar-refractivity contribution is 0.660. The molecule has 1 aliphatic carbocycles. The molecule has 232 valence electrons. The van der Waals surface area contributed by atoms with E-state index in [0.29, 0.717) is 0 Å². The van der Waals surface area contributed by atoms with E-state index in [-0.39, 0.29) is 5.41 Å². The Morgan fingerprint density at radius 2 is 1.12 bits per heavy atom. The van der Waals surface area contributed by atoms with Gasteiger partial charge in [0.05, 0.1) is 0 Å². The van der Waals surface area contributed by atoms with Crippen LogP contribution in [0, 0.1) is 0 Å². The van der Waals surface area contributed by atoms with Crippen LogP contribution in [0.5, 0.6) is 0 Å². The van der Waals surface area contributed by atoms with Crippen molar-refractivity contribution in [1.82, 2.24) is 0 Å². The fourth-order valence-electron chi connectivity index (χ4n) is 8.32. The highest BCUT2D eigenvalue weighted by Crippen LogP contribution is 2.51. The first kappa shape index (κ1) is 28.3. The Labute approximate surface area is 290 Å². The summed E-state index contributed by atoms with van der Waals surface area (Å²) < 4.78 is 2.67. The van der Waals surface area contributed by atoms with Gasteiger partial charge in [-0.3, -0.25) is 0 Å². The molecule has 0 amide bonds. The summed E-state index contributed by atoms with van der Waals surface area (Å²) in [6.07, 6.45) is 0. The van der Waals surface area contributed by atoms with Crippen molar-refractivity contribution in [2.45, 2.75) is 19.3 Å². The maximum atomic E-state index is 2.44. The number of fused-ring (bicyclic) bond motifs is 9. The minimum atomic E-state index is -0.0844. The average Bonchev–Trinajstić information content (AvgIpc) is 3.64. The molecular formula is C47H33NS. The number of nitrogens with zero attached hydrogens (tertiary/aromatic N) is 1. The Morgan fingerprint density at radius 3 is 2.02 bits per heavy atom. The average molecular weight is 644 g/mol. The first-order chi connectivity index (χ1) is 24.1. The zero-order valence-corrected chi connectivity index (χ0v) is 28.3. The van der Waals surface area contributed by atoms with E-state index in [9.17, 15) is 0 Å². The highest BCUT2D eigenvalue weighted by molar-refractivity contribution is 7.26. The molecule has 0 atom stereocenters. The van der Waals surface area contributed by atoms with Gasteiger partial charge in [-0.05, 0) is 103 Å². The zero-order valence-electron chi connectivity index (χ0n) is 27.4. The molecule has 2 heteroatoms. The zero-order chi connectivity index (χ0) is 32.7. The lowest BCUT2D eigenvalue weighted by Gasteiger charge is -2.29. The molecule has 1 nitrogen and oxygen atoms in total. The molecule has 1 heterocycles. The molecule has 9 aromatic rings. The first-order valence-electron chi connectivity index (χ1n) is 17.0. The van der Waals surface area contributed by atoms with Crippen LogP contribution in [-0.2, 0) is 5.41 Å². The maximum Gasteiger partial charge on any atom is 0.0474 e. The van der Waals surface area contributed by atoms with Crippen LogP contribution in [0.15, 0.2) is 164 Å². The van der Waals surface area contributed by atoms with Crippen LogP contribution in [0.1, 0.15) is 25.0 Å². The summed E-state index contributed by atoms with van der Waals surface area (Å²) in [5, 5.41) is 7.76. The van der Waals surface area contributed by atoms with Gasteiger partial charge in [0.15, 0.2) is 0 Å². The molecule has 0 unspecified atom stereocenters. The molecule has 0 saturated carbocycles. The van der Waals surface area contributed by atoms with Crippen LogP contribution in [0.2, 0.25) is 0 Å². The van der Waals surface area contributed by atoms with Crippen LogP contribution >= 0.6 is 11.3 Å². The standard InChI is InChI=1S/C47H33NS/c1-47(2)42-21-10-8-17-37(42)38-24-23-32(29-43(38)47)48(31-14-4-3-5-15-31)33-27-30-13-6-7-16-34(30)41(28-33)35-19-12-20-39-36(35)25-26-45-46(39)40-18-9-11-22-44(40)49-45/h3-29H,1-2H3. The molecular weight excluding hydrogens is 611 g/mol. The minimum absolute atomic E-state index is 0.0844. The summed E-state index contributed by atoms with van der Waals surface area (Å²) in [6.45, 7) is 4.72. The number of para-hydroxylation sites is 1. The third-order valence-corrected chi connectivity index (χ3v) is 11.8. The summed E-state index contributed by atoms with van der Waals surface area (Å²) in [6, 6.07) is 60.7. The van der Waals surface area contributed by atoms with Gasteiger partial charge in [0.1, 0.15) is 0 Å². The SMILES string of the molecule is CC1(C)c2ccccc2-c2ccc(N(c3ccccc3)c3cc(-c4cccc5c4ccc4sc6ccccc6c45)c4ccccc4c3)cc21. The van der Waals surface area contributed by atoms with Crippen molar-refractivity contribution in [1.29, 1.82) is 0 Å². The predicted molar refractivity (Wildman–Crippen MR) is 212 cm³/mol. The minimum Gasteiger partial charge on any atom is -0.310 e. The molecule has 0 aliphatic heterocycles. The number of anilines is 3. The molecule has 0 saturated heterocycles. The van der Waals surface area contributed by atoms with Crippen LogP contribution < -0.4 is 4.90 Å². The third-order valence-electron chi connectivity index (χ3n) is 10.6. The van der Waals surface area contributed by atoms with Gasteiger partial charge in [0.2, 0.25) is 0 Å². The van der Waals surface area contributed by atoms with Crippen LogP contribution in [-0.4, -0.2) is 0 Å². The first-order valence-corrected chi connectivity index (χ1v) is 17.8. The predicted octanol–water partition coefficient (Wildman–Crippen LogP) is 13.8. The van der Waals surface area contributed by atoms with E-state index in [0.717, 1.165) is 17.1 Å². The van der Waals surface area contributed by atoms with Crippen LogP contribution in [0.4, 0.5) is 17.1 Å². The Morgan fingerprint density at radius 1 is 0.408 bits per heavy atom. The summed E-state index contributed by atoms with van der Waals surface area (Å²) in [5.41, 5.74) is 11.3. The summed E-state index contributed by atoms with van der Waals surface area (Å²) in [7, 11) is 0. The third kappa shape index (κ3) is 4.24. The second-order valence-electron chi connectivity index (χ2n) is 13.7. The largest absolute Gasteiger partial charge is 0.310 e. The van der Waals surface area contributed by atoms with E-state index >= 15 is 0 Å². The molecule has 1 aromatic heterocycles. The van der Waals surface area contributed by atoms with Crippen molar-refractivity contribution in [2.75, 3.05) is 4.90 Å². The molecule has 10 rings (SSSR count). The lowest BCUT2D eigenvalue weighted by Crippen LogP contribution is -2.16. The second kappa shape index (κ2) is 10.7. The Bertz CT molecular complexity index is 2750. The van der Waals surface area contributed by atoms with E-state index in [4.69, 9.17) is 0 Å². The molecule has 0 N–H and O–H groups in total. The molecule has 0 bridgehead atoms. The van der Waals surface area contributed by atoms with Gasteiger partial charge in [-0.25, -0.2) is 0 Å². The molecule has 8 aromatic carbocycles. The summed E-state index contributed by atoms with van der Waals surface area (Å²) in [4.78, 5) is 2.44. The van der Waals surface area contributed by atoms with Crippen molar-refractivity contribution in [2.24, 2.45) is 0 Å². The Kier molecular flexibility index (Phi) is 6.16. The van der Waals surface area contributed by atoms with E-state index < -0.39 is 0 Å². The van der Waals surface area contributed by atoms with E-state index in [1.165, 1.54) is 75.1 Å². The summed E-state index contributed by atoms with van der Waals surface area (Å²) in [5.74, 6) is 0. The van der Waals surface area contributed by atoms with Crippen molar-refractivity contribution in [3.05, 3.63) is 175 Å². The van der Waals surface area contributed by atoms with Crippen molar-refractivity contribution in [3.8, 4) is 22.3 Å². The quantitative estimate of drug-likeness (QED) is 0.184. The van der Waals surface area contributed by atoms with Crippen molar-refractivity contribution >= 4 is 70.1 Å². The van der Waals surface area contributed by atoms with Gasteiger partial charge in [-0.2, -0.15) is 0 Å². The fourth-order valence-corrected chi connectivity index (χ4v) is 9.44. The fraction of sp³-hybridized carbons (Fsp3) is 0.0638.